The van der Waals surface area contributed by atoms with Crippen molar-refractivity contribution in [2.75, 3.05) is 13.2 Å². The average molecular weight is 224 g/mol. The van der Waals surface area contributed by atoms with Gasteiger partial charge < -0.3 is 10.5 Å². The number of nitrogens with two attached hydrogens (primary N) is 1. The van der Waals surface area contributed by atoms with E-state index in [1.807, 2.05) is 0 Å². The lowest BCUT2D eigenvalue weighted by atomic mass is 10.0. The first kappa shape index (κ1) is 11.3. The molecule has 0 heterocycles. The average Bonchev–Trinajstić information content (AvgIpc) is 2.52. The molecule has 1 saturated carbocycles. The van der Waals surface area contributed by atoms with Gasteiger partial charge in [-0.1, -0.05) is 36.0 Å². The molecule has 0 amide bonds. The summed E-state index contributed by atoms with van der Waals surface area (Å²) in [4.78, 5) is 0. The van der Waals surface area contributed by atoms with Crippen LogP contribution in [0.25, 0.3) is 0 Å². The van der Waals surface area contributed by atoms with Gasteiger partial charge in [0.05, 0.1) is 18.2 Å². The Kier molecular flexibility index (Phi) is 4.53. The summed E-state index contributed by atoms with van der Waals surface area (Å²) in [5, 5.41) is 0.517. The minimum Gasteiger partial charge on any atom is -0.374 e. The maximum Gasteiger partial charge on any atom is 0.0832 e. The van der Waals surface area contributed by atoms with Crippen LogP contribution in [0.5, 0.6) is 0 Å². The SMILES string of the molecule is NC1(COCC(Cl)=CCl)CCCC1. The van der Waals surface area contributed by atoms with Gasteiger partial charge in [0.1, 0.15) is 0 Å². The first-order chi connectivity index (χ1) is 6.16. The molecule has 1 fully saturated rings. The van der Waals surface area contributed by atoms with Crippen LogP contribution in [0, 0.1) is 0 Å². The zero-order valence-electron chi connectivity index (χ0n) is 7.56. The molecule has 13 heavy (non-hydrogen) atoms. The van der Waals surface area contributed by atoms with Gasteiger partial charge in [0.25, 0.3) is 0 Å². The number of ether oxygens (including phenoxy) is 1. The number of hydrogen-bond acceptors (Lipinski definition) is 2. The largest absolute Gasteiger partial charge is 0.374 e. The summed E-state index contributed by atoms with van der Waals surface area (Å²) >= 11 is 11.0. The van der Waals surface area contributed by atoms with Gasteiger partial charge in [-0.25, -0.2) is 0 Å². The Balaban J connectivity index is 2.18. The highest BCUT2D eigenvalue weighted by molar-refractivity contribution is 6.36. The normalized spacial score (nSPS) is 22.2. The second-order valence-corrected chi connectivity index (χ2v) is 4.32. The predicted molar refractivity (Wildman–Crippen MR) is 56.0 cm³/mol. The van der Waals surface area contributed by atoms with Gasteiger partial charge in [0, 0.05) is 11.1 Å². The van der Waals surface area contributed by atoms with E-state index in [0.29, 0.717) is 18.2 Å². The molecular weight excluding hydrogens is 209 g/mol. The minimum absolute atomic E-state index is 0.122. The fourth-order valence-corrected chi connectivity index (χ4v) is 1.75. The van der Waals surface area contributed by atoms with Crippen LogP contribution in [0.3, 0.4) is 0 Å². The van der Waals surface area contributed by atoms with Gasteiger partial charge in [-0.15, -0.1) is 0 Å². The molecule has 0 saturated heterocycles. The molecule has 2 nitrogen and oxygen atoms in total. The van der Waals surface area contributed by atoms with Crippen molar-refractivity contribution >= 4 is 23.2 Å². The number of rotatable bonds is 4. The molecule has 0 aromatic heterocycles. The van der Waals surface area contributed by atoms with E-state index in [-0.39, 0.29) is 5.54 Å². The third-order valence-electron chi connectivity index (χ3n) is 2.35. The third-order valence-corrected chi connectivity index (χ3v) is 2.94. The zero-order valence-corrected chi connectivity index (χ0v) is 9.07. The Hall–Kier alpha value is 0.240. The van der Waals surface area contributed by atoms with Crippen molar-refractivity contribution in [2.45, 2.75) is 31.2 Å². The molecule has 0 unspecified atom stereocenters. The van der Waals surface area contributed by atoms with Crippen molar-refractivity contribution in [3.8, 4) is 0 Å². The fourth-order valence-electron chi connectivity index (χ4n) is 1.61. The molecule has 2 N–H and O–H groups in total. The summed E-state index contributed by atoms with van der Waals surface area (Å²) in [5.74, 6) is 0. The van der Waals surface area contributed by atoms with Crippen LogP contribution in [-0.4, -0.2) is 18.8 Å². The molecule has 4 heteroatoms. The van der Waals surface area contributed by atoms with Crippen molar-refractivity contribution < 1.29 is 4.74 Å². The van der Waals surface area contributed by atoms with Crippen molar-refractivity contribution in [1.82, 2.24) is 0 Å². The second kappa shape index (κ2) is 5.20. The quantitative estimate of drug-likeness (QED) is 0.796. The van der Waals surface area contributed by atoms with Gasteiger partial charge in [0.15, 0.2) is 0 Å². The standard InChI is InChI=1S/C9H15Cl2NO/c10-5-8(11)6-13-7-9(12)3-1-2-4-9/h5H,1-4,6-7,12H2. The Labute approximate surface area is 89.0 Å². The smallest absolute Gasteiger partial charge is 0.0832 e. The number of hydrogen-bond donors (Lipinski definition) is 1. The highest BCUT2D eigenvalue weighted by Gasteiger charge is 2.29. The highest BCUT2D eigenvalue weighted by Crippen LogP contribution is 2.27. The Morgan fingerprint density at radius 2 is 2.08 bits per heavy atom. The summed E-state index contributed by atoms with van der Waals surface area (Å²) in [6.45, 7) is 0.942. The summed E-state index contributed by atoms with van der Waals surface area (Å²) in [7, 11) is 0. The molecule has 1 aliphatic rings. The lowest BCUT2D eigenvalue weighted by molar-refractivity contribution is 0.106. The van der Waals surface area contributed by atoms with E-state index < -0.39 is 0 Å². The van der Waals surface area contributed by atoms with E-state index in [2.05, 4.69) is 0 Å². The summed E-state index contributed by atoms with van der Waals surface area (Å²) in [6, 6.07) is 0. The summed E-state index contributed by atoms with van der Waals surface area (Å²) in [6.07, 6.45) is 4.52. The first-order valence-corrected chi connectivity index (χ1v) is 5.29. The molecule has 0 bridgehead atoms. The van der Waals surface area contributed by atoms with E-state index >= 15 is 0 Å². The second-order valence-electron chi connectivity index (χ2n) is 3.62. The van der Waals surface area contributed by atoms with E-state index in [4.69, 9.17) is 33.7 Å². The molecule has 0 aromatic rings. The highest BCUT2D eigenvalue weighted by atomic mass is 35.5. The van der Waals surface area contributed by atoms with Crippen LogP contribution in [-0.2, 0) is 4.74 Å². The maximum absolute atomic E-state index is 6.07. The van der Waals surface area contributed by atoms with E-state index in [1.165, 1.54) is 18.4 Å². The van der Waals surface area contributed by atoms with Crippen molar-refractivity contribution in [3.63, 3.8) is 0 Å². The Morgan fingerprint density at radius 1 is 1.46 bits per heavy atom. The van der Waals surface area contributed by atoms with Crippen molar-refractivity contribution in [2.24, 2.45) is 5.73 Å². The molecule has 0 atom stereocenters. The van der Waals surface area contributed by atoms with Crippen LogP contribution < -0.4 is 5.73 Å². The monoisotopic (exact) mass is 223 g/mol. The predicted octanol–water partition coefficient (Wildman–Crippen LogP) is 2.59. The first-order valence-electron chi connectivity index (χ1n) is 4.48. The van der Waals surface area contributed by atoms with Gasteiger partial charge in [-0.05, 0) is 12.8 Å². The van der Waals surface area contributed by atoms with E-state index in [1.54, 1.807) is 0 Å². The van der Waals surface area contributed by atoms with E-state index in [0.717, 1.165) is 12.8 Å². The van der Waals surface area contributed by atoms with Crippen LogP contribution in [0.15, 0.2) is 10.6 Å². The molecular formula is C9H15Cl2NO. The third kappa shape index (κ3) is 3.86. The molecule has 1 aliphatic carbocycles. The molecule has 76 valence electrons. The Bertz CT molecular complexity index is 188. The topological polar surface area (TPSA) is 35.2 Å². The van der Waals surface area contributed by atoms with Gasteiger partial charge in [-0.2, -0.15) is 0 Å². The van der Waals surface area contributed by atoms with E-state index in [9.17, 15) is 0 Å². The lowest BCUT2D eigenvalue weighted by Crippen LogP contribution is -2.41. The molecule has 0 radical (unpaired) electrons. The Morgan fingerprint density at radius 3 is 2.62 bits per heavy atom. The minimum atomic E-state index is -0.122. The molecule has 0 aliphatic heterocycles. The summed E-state index contributed by atoms with van der Waals surface area (Å²) < 4.78 is 5.36. The van der Waals surface area contributed by atoms with Gasteiger partial charge >= 0.3 is 0 Å². The maximum atomic E-state index is 6.07. The molecule has 1 rings (SSSR count). The summed E-state index contributed by atoms with van der Waals surface area (Å²) in [5.41, 5.74) is 7.26. The molecule has 0 spiro atoms. The number of halogens is 2. The lowest BCUT2D eigenvalue weighted by Gasteiger charge is -2.22. The van der Waals surface area contributed by atoms with Crippen molar-refractivity contribution in [1.29, 1.82) is 0 Å². The fraction of sp³-hybridized carbons (Fsp3) is 0.778. The molecule has 0 aromatic carbocycles. The van der Waals surface area contributed by atoms with Gasteiger partial charge in [0.2, 0.25) is 0 Å². The van der Waals surface area contributed by atoms with Crippen LogP contribution in [0.2, 0.25) is 0 Å². The van der Waals surface area contributed by atoms with Gasteiger partial charge in [-0.3, -0.25) is 0 Å². The van der Waals surface area contributed by atoms with Crippen LogP contribution in [0.4, 0.5) is 0 Å². The van der Waals surface area contributed by atoms with Crippen molar-refractivity contribution in [3.05, 3.63) is 10.6 Å². The van der Waals surface area contributed by atoms with Crippen LogP contribution >= 0.6 is 23.2 Å². The van der Waals surface area contributed by atoms with Crippen LogP contribution in [0.1, 0.15) is 25.7 Å². The zero-order chi connectivity index (χ0) is 9.73.